The average molecular weight is 412 g/mol. The molecule has 0 spiro atoms. The van der Waals surface area contributed by atoms with Gasteiger partial charge in [0, 0.05) is 70.9 Å². The molecule has 28 heavy (non-hydrogen) atoms. The van der Waals surface area contributed by atoms with E-state index in [2.05, 4.69) is 14.9 Å². The van der Waals surface area contributed by atoms with E-state index in [1.165, 1.54) is 6.26 Å². The zero-order chi connectivity index (χ0) is 20.1. The van der Waals surface area contributed by atoms with E-state index >= 15 is 0 Å². The fourth-order valence-electron chi connectivity index (χ4n) is 3.91. The SMILES string of the molecule is CN(CCN(C1CCOCC1)C1CCN(S(C)(=O)=O)C1)C(=O)c1ncccn1. The minimum Gasteiger partial charge on any atom is -0.381 e. The number of likely N-dealkylation sites (N-methyl/N-ethyl adjacent to an activating group) is 1. The topological polar surface area (TPSA) is 95.9 Å². The van der Waals surface area contributed by atoms with Crippen LogP contribution in [-0.2, 0) is 14.8 Å². The van der Waals surface area contributed by atoms with E-state index < -0.39 is 10.0 Å². The number of amides is 1. The first-order valence-corrected chi connectivity index (χ1v) is 11.5. The van der Waals surface area contributed by atoms with E-state index in [0.717, 1.165) is 32.5 Å². The summed E-state index contributed by atoms with van der Waals surface area (Å²) < 4.78 is 30.9. The molecule has 2 aliphatic heterocycles. The number of hydrogen-bond donors (Lipinski definition) is 0. The van der Waals surface area contributed by atoms with E-state index in [1.807, 2.05) is 0 Å². The van der Waals surface area contributed by atoms with E-state index in [-0.39, 0.29) is 17.8 Å². The van der Waals surface area contributed by atoms with Crippen LogP contribution in [0.4, 0.5) is 0 Å². The van der Waals surface area contributed by atoms with Gasteiger partial charge in [-0.2, -0.15) is 0 Å². The fraction of sp³-hybridized carbons (Fsp3) is 0.722. The molecule has 1 aromatic rings. The Balaban J connectivity index is 1.65. The van der Waals surface area contributed by atoms with Crippen LogP contribution in [0, 0.1) is 0 Å². The molecule has 3 heterocycles. The Hall–Kier alpha value is -1.62. The molecule has 1 atom stereocenters. The molecule has 9 nitrogen and oxygen atoms in total. The molecule has 1 unspecified atom stereocenters. The predicted octanol–water partition coefficient (Wildman–Crippen LogP) is 0.0635. The standard InChI is InChI=1S/C18H29N5O4S/c1-21(18(24)17-19-7-3-8-20-17)10-11-23(15-5-12-27-13-6-15)16-4-9-22(14-16)28(2,25)26/h3,7-8,15-16H,4-6,9-14H2,1-2H3. The molecule has 1 amide bonds. The summed E-state index contributed by atoms with van der Waals surface area (Å²) in [5, 5.41) is 0. The van der Waals surface area contributed by atoms with Gasteiger partial charge in [-0.25, -0.2) is 22.7 Å². The highest BCUT2D eigenvalue weighted by Gasteiger charge is 2.36. The molecule has 10 heteroatoms. The van der Waals surface area contributed by atoms with Crippen LogP contribution in [-0.4, -0.2) is 103 Å². The second-order valence-corrected chi connectivity index (χ2v) is 9.43. The zero-order valence-electron chi connectivity index (χ0n) is 16.5. The normalized spacial score (nSPS) is 21.9. The van der Waals surface area contributed by atoms with Crippen LogP contribution in [0.2, 0.25) is 0 Å². The van der Waals surface area contributed by atoms with Crippen molar-refractivity contribution >= 4 is 15.9 Å². The summed E-state index contributed by atoms with van der Waals surface area (Å²) in [6, 6.07) is 2.18. The van der Waals surface area contributed by atoms with Gasteiger partial charge < -0.3 is 9.64 Å². The minimum atomic E-state index is -3.18. The maximum Gasteiger partial charge on any atom is 0.291 e. The molecule has 0 bridgehead atoms. The van der Waals surface area contributed by atoms with Crippen molar-refractivity contribution in [3.8, 4) is 0 Å². The van der Waals surface area contributed by atoms with Crippen LogP contribution in [0.25, 0.3) is 0 Å². The van der Waals surface area contributed by atoms with E-state index in [1.54, 1.807) is 34.7 Å². The number of ether oxygens (including phenoxy) is 1. The van der Waals surface area contributed by atoms with Crippen molar-refractivity contribution in [3.05, 3.63) is 24.3 Å². The van der Waals surface area contributed by atoms with Crippen LogP contribution >= 0.6 is 0 Å². The molecule has 0 radical (unpaired) electrons. The third-order valence-electron chi connectivity index (χ3n) is 5.52. The summed E-state index contributed by atoms with van der Waals surface area (Å²) >= 11 is 0. The lowest BCUT2D eigenvalue weighted by Gasteiger charge is -2.39. The third kappa shape index (κ3) is 5.25. The summed E-state index contributed by atoms with van der Waals surface area (Å²) in [7, 11) is -1.43. The van der Waals surface area contributed by atoms with E-state index in [0.29, 0.717) is 32.2 Å². The monoisotopic (exact) mass is 411 g/mol. The van der Waals surface area contributed by atoms with Crippen LogP contribution in [0.15, 0.2) is 18.5 Å². The molecule has 2 fully saturated rings. The van der Waals surface area contributed by atoms with Crippen molar-refractivity contribution in [1.29, 1.82) is 0 Å². The molecule has 156 valence electrons. The number of rotatable bonds is 7. The van der Waals surface area contributed by atoms with Crippen LogP contribution < -0.4 is 0 Å². The lowest BCUT2D eigenvalue weighted by molar-refractivity contribution is 0.0157. The lowest BCUT2D eigenvalue weighted by atomic mass is 10.0. The van der Waals surface area contributed by atoms with E-state index in [4.69, 9.17) is 4.74 Å². The number of hydrogen-bond acceptors (Lipinski definition) is 7. The molecule has 1 aromatic heterocycles. The molecule has 0 saturated carbocycles. The van der Waals surface area contributed by atoms with Gasteiger partial charge in [0.1, 0.15) is 0 Å². The van der Waals surface area contributed by atoms with Crippen molar-refractivity contribution in [3.63, 3.8) is 0 Å². The quantitative estimate of drug-likeness (QED) is 0.626. The van der Waals surface area contributed by atoms with Crippen LogP contribution in [0.3, 0.4) is 0 Å². The first-order chi connectivity index (χ1) is 13.4. The highest BCUT2D eigenvalue weighted by atomic mass is 32.2. The molecule has 3 rings (SSSR count). The highest BCUT2D eigenvalue weighted by molar-refractivity contribution is 7.88. The zero-order valence-corrected chi connectivity index (χ0v) is 17.3. The van der Waals surface area contributed by atoms with Gasteiger partial charge in [0.2, 0.25) is 15.8 Å². The van der Waals surface area contributed by atoms with Crippen molar-refractivity contribution < 1.29 is 17.9 Å². The third-order valence-corrected chi connectivity index (χ3v) is 6.79. The minimum absolute atomic E-state index is 0.161. The smallest absolute Gasteiger partial charge is 0.291 e. The number of sulfonamides is 1. The van der Waals surface area contributed by atoms with Crippen molar-refractivity contribution in [2.45, 2.75) is 31.3 Å². The number of nitrogens with zero attached hydrogens (tertiary/aromatic N) is 5. The first kappa shape index (κ1) is 21.1. The average Bonchev–Trinajstić information content (AvgIpc) is 3.19. The molecule has 0 aromatic carbocycles. The summed E-state index contributed by atoms with van der Waals surface area (Å²) in [5.74, 6) is -0.0246. The van der Waals surface area contributed by atoms with Gasteiger partial charge in [-0.3, -0.25) is 9.69 Å². The van der Waals surface area contributed by atoms with E-state index in [9.17, 15) is 13.2 Å². The largest absolute Gasteiger partial charge is 0.381 e. The molecule has 2 aliphatic rings. The van der Waals surface area contributed by atoms with Crippen molar-refractivity contribution in [2.24, 2.45) is 0 Å². The molecular weight excluding hydrogens is 382 g/mol. The van der Waals surface area contributed by atoms with Gasteiger partial charge in [-0.05, 0) is 25.3 Å². The van der Waals surface area contributed by atoms with Gasteiger partial charge in [-0.1, -0.05) is 0 Å². The summed E-state index contributed by atoms with van der Waals surface area (Å²) in [5.41, 5.74) is 0. The molecular formula is C18H29N5O4S. The predicted molar refractivity (Wildman–Crippen MR) is 104 cm³/mol. The Morgan fingerprint density at radius 2 is 1.86 bits per heavy atom. The summed E-state index contributed by atoms with van der Waals surface area (Å²) in [4.78, 5) is 24.6. The maximum absolute atomic E-state index is 12.5. The van der Waals surface area contributed by atoms with Gasteiger partial charge in [0.15, 0.2) is 0 Å². The van der Waals surface area contributed by atoms with Gasteiger partial charge in [0.25, 0.3) is 5.91 Å². The first-order valence-electron chi connectivity index (χ1n) is 9.67. The van der Waals surface area contributed by atoms with Crippen molar-refractivity contribution in [2.75, 3.05) is 52.7 Å². The number of aromatic nitrogens is 2. The highest BCUT2D eigenvalue weighted by Crippen LogP contribution is 2.24. The molecule has 0 aliphatic carbocycles. The Kier molecular flexibility index (Phi) is 6.97. The Bertz CT molecular complexity index is 754. The van der Waals surface area contributed by atoms with Gasteiger partial charge in [-0.15, -0.1) is 0 Å². The summed E-state index contributed by atoms with van der Waals surface area (Å²) in [6.45, 7) is 3.71. The summed E-state index contributed by atoms with van der Waals surface area (Å²) in [6.07, 6.45) is 7.04. The molecule has 2 saturated heterocycles. The second kappa shape index (κ2) is 9.25. The Labute approximate surface area is 166 Å². The van der Waals surface area contributed by atoms with Gasteiger partial charge >= 0.3 is 0 Å². The fourth-order valence-corrected chi connectivity index (χ4v) is 4.79. The molecule has 0 N–H and O–H groups in total. The Morgan fingerprint density at radius 1 is 1.18 bits per heavy atom. The Morgan fingerprint density at radius 3 is 2.46 bits per heavy atom. The number of carbonyl (C=O) groups excluding carboxylic acids is 1. The van der Waals surface area contributed by atoms with Gasteiger partial charge in [0.05, 0.1) is 6.26 Å². The van der Waals surface area contributed by atoms with Crippen molar-refractivity contribution in [1.82, 2.24) is 24.1 Å². The maximum atomic E-state index is 12.5. The second-order valence-electron chi connectivity index (χ2n) is 7.44. The van der Waals surface area contributed by atoms with Crippen LogP contribution in [0.5, 0.6) is 0 Å². The van der Waals surface area contributed by atoms with Crippen LogP contribution in [0.1, 0.15) is 29.9 Å². The lowest BCUT2D eigenvalue weighted by Crippen LogP contribution is -2.50. The number of carbonyl (C=O) groups is 1.